The van der Waals surface area contributed by atoms with Gasteiger partial charge in [-0.25, -0.2) is 0 Å². The Bertz CT molecular complexity index is 4120. The van der Waals surface area contributed by atoms with Gasteiger partial charge in [-0.1, -0.05) is 212 Å². The van der Waals surface area contributed by atoms with Gasteiger partial charge < -0.3 is 9.47 Å². The van der Waals surface area contributed by atoms with E-state index in [1.807, 2.05) is 0 Å². The molecule has 0 saturated heterocycles. The van der Waals surface area contributed by atoms with Crippen LogP contribution in [0.3, 0.4) is 0 Å². The van der Waals surface area contributed by atoms with Crippen molar-refractivity contribution in [2.75, 3.05) is 4.90 Å². The van der Waals surface area contributed by atoms with Crippen molar-refractivity contribution in [3.8, 4) is 39.1 Å². The monoisotopic (exact) mass is 902 g/mol. The molecule has 1 aromatic heterocycles. The van der Waals surface area contributed by atoms with Crippen molar-refractivity contribution in [1.82, 2.24) is 4.57 Å². The summed E-state index contributed by atoms with van der Waals surface area (Å²) in [5.41, 5.74) is 18.6. The number of rotatable bonds is 8. The molecule has 0 spiro atoms. The van der Waals surface area contributed by atoms with Gasteiger partial charge in [-0.15, -0.1) is 0 Å². The Morgan fingerprint density at radius 1 is 0.282 bits per heavy atom. The third kappa shape index (κ3) is 6.49. The van der Waals surface area contributed by atoms with Crippen LogP contribution in [-0.4, -0.2) is 4.57 Å². The lowest BCUT2D eigenvalue weighted by Gasteiger charge is -2.35. The number of fused-ring (bicyclic) bond motifs is 8. The molecule has 332 valence electrons. The SMILES string of the molecule is c1ccc(C2(c3ccccc3)c3ccccc3-c3ccc(N(c4ccc(-c5ccc6c(c5)c5ccccc5n6-c5cccc6ccccc56)cc4)c4cccc(-c5ccc6ccccc6c5)c4)cc32)cc1. The van der Waals surface area contributed by atoms with Gasteiger partial charge >= 0.3 is 0 Å². The molecule has 0 amide bonds. The molecule has 0 radical (unpaired) electrons. The number of nitrogens with zero attached hydrogens (tertiary/aromatic N) is 2. The zero-order valence-corrected chi connectivity index (χ0v) is 39.0. The molecular weight excluding hydrogens is 857 g/mol. The number of aromatic nitrogens is 1. The summed E-state index contributed by atoms with van der Waals surface area (Å²) in [4.78, 5) is 2.44. The second kappa shape index (κ2) is 16.5. The minimum Gasteiger partial charge on any atom is -0.310 e. The molecule has 2 nitrogen and oxygen atoms in total. The van der Waals surface area contributed by atoms with Crippen molar-refractivity contribution in [2.24, 2.45) is 0 Å². The minimum atomic E-state index is -0.525. The number of hydrogen-bond donors (Lipinski definition) is 0. The van der Waals surface area contributed by atoms with Crippen LogP contribution >= 0.6 is 0 Å². The van der Waals surface area contributed by atoms with E-state index in [4.69, 9.17) is 0 Å². The Morgan fingerprint density at radius 3 is 1.66 bits per heavy atom. The first-order valence-electron chi connectivity index (χ1n) is 24.6. The van der Waals surface area contributed by atoms with E-state index in [2.05, 4.69) is 289 Å². The molecule has 12 aromatic carbocycles. The summed E-state index contributed by atoms with van der Waals surface area (Å²) in [7, 11) is 0. The second-order valence-corrected chi connectivity index (χ2v) is 18.8. The zero-order chi connectivity index (χ0) is 46.9. The van der Waals surface area contributed by atoms with Crippen LogP contribution < -0.4 is 4.90 Å². The van der Waals surface area contributed by atoms with Crippen molar-refractivity contribution < 1.29 is 0 Å². The van der Waals surface area contributed by atoms with Crippen LogP contribution in [0.4, 0.5) is 17.1 Å². The lowest BCUT2D eigenvalue weighted by Crippen LogP contribution is -2.28. The van der Waals surface area contributed by atoms with Gasteiger partial charge in [-0.05, 0) is 139 Å². The molecule has 1 aliphatic carbocycles. The molecule has 0 saturated carbocycles. The molecule has 0 fully saturated rings. The maximum atomic E-state index is 2.46. The van der Waals surface area contributed by atoms with Crippen molar-refractivity contribution in [3.63, 3.8) is 0 Å². The number of anilines is 3. The first-order valence-corrected chi connectivity index (χ1v) is 24.6. The van der Waals surface area contributed by atoms with Crippen LogP contribution in [0.15, 0.2) is 279 Å². The van der Waals surface area contributed by atoms with Gasteiger partial charge in [0, 0.05) is 33.2 Å². The number of para-hydroxylation sites is 1. The van der Waals surface area contributed by atoms with E-state index in [0.29, 0.717) is 0 Å². The molecule has 71 heavy (non-hydrogen) atoms. The van der Waals surface area contributed by atoms with Crippen LogP contribution in [0.25, 0.3) is 82.4 Å². The summed E-state index contributed by atoms with van der Waals surface area (Å²) in [6.45, 7) is 0. The lowest BCUT2D eigenvalue weighted by molar-refractivity contribution is 0.768. The molecule has 0 aliphatic heterocycles. The number of benzene rings is 12. The maximum absolute atomic E-state index is 2.46. The van der Waals surface area contributed by atoms with Crippen molar-refractivity contribution in [2.45, 2.75) is 5.41 Å². The summed E-state index contributed by atoms with van der Waals surface area (Å²) in [6.07, 6.45) is 0. The van der Waals surface area contributed by atoms with Gasteiger partial charge in [0.25, 0.3) is 0 Å². The molecule has 0 unspecified atom stereocenters. The molecule has 1 aliphatic rings. The highest BCUT2D eigenvalue weighted by molar-refractivity contribution is 6.12. The van der Waals surface area contributed by atoms with Crippen molar-refractivity contribution >= 4 is 60.4 Å². The molecule has 0 bridgehead atoms. The van der Waals surface area contributed by atoms with Crippen molar-refractivity contribution in [3.05, 3.63) is 301 Å². The van der Waals surface area contributed by atoms with E-state index < -0.39 is 5.41 Å². The van der Waals surface area contributed by atoms with Crippen LogP contribution in [-0.2, 0) is 5.41 Å². The molecule has 0 N–H and O–H groups in total. The average Bonchev–Trinajstić information content (AvgIpc) is 3.94. The second-order valence-electron chi connectivity index (χ2n) is 18.8. The summed E-state index contributed by atoms with van der Waals surface area (Å²) in [5.74, 6) is 0. The fourth-order valence-electron chi connectivity index (χ4n) is 11.8. The maximum Gasteiger partial charge on any atom is 0.0714 e. The fourth-order valence-corrected chi connectivity index (χ4v) is 11.8. The highest BCUT2D eigenvalue weighted by atomic mass is 15.1. The third-order valence-electron chi connectivity index (χ3n) is 15.0. The molecule has 14 rings (SSSR count). The molecule has 2 heteroatoms. The Labute approximate surface area is 413 Å². The lowest BCUT2D eigenvalue weighted by atomic mass is 9.67. The van der Waals surface area contributed by atoms with E-state index in [1.165, 1.54) is 105 Å². The number of hydrogen-bond acceptors (Lipinski definition) is 1. The van der Waals surface area contributed by atoms with Crippen LogP contribution in [0, 0.1) is 0 Å². The van der Waals surface area contributed by atoms with Crippen molar-refractivity contribution in [1.29, 1.82) is 0 Å². The van der Waals surface area contributed by atoms with E-state index in [1.54, 1.807) is 0 Å². The zero-order valence-electron chi connectivity index (χ0n) is 39.0. The first kappa shape index (κ1) is 40.8. The standard InChI is InChI=1S/C69H46N2/c1-3-22-54(23-4-1)69(55-24-5-2-6-25-55)64-30-13-11-28-60(64)61-41-40-58(46-65(61)69)70(57-26-15-21-51(44-57)52-34-33-47-17-7-8-19-50(47)43-52)56-38-35-48(36-39-56)53-37-42-68-63(45-53)62-29-12-14-31-67(62)71(68)66-32-16-20-49-18-9-10-27-59(49)66/h1-46H. The van der Waals surface area contributed by atoms with Gasteiger partial charge in [0.05, 0.1) is 22.1 Å². The third-order valence-corrected chi connectivity index (χ3v) is 15.0. The predicted molar refractivity (Wildman–Crippen MR) is 299 cm³/mol. The average molecular weight is 903 g/mol. The molecule has 0 atom stereocenters. The van der Waals surface area contributed by atoms with Gasteiger partial charge in [-0.2, -0.15) is 0 Å². The highest BCUT2D eigenvalue weighted by Crippen LogP contribution is 2.57. The van der Waals surface area contributed by atoms with Crippen LogP contribution in [0.1, 0.15) is 22.3 Å². The summed E-state index contributed by atoms with van der Waals surface area (Å²) >= 11 is 0. The van der Waals surface area contributed by atoms with E-state index in [0.717, 1.165) is 17.1 Å². The predicted octanol–water partition coefficient (Wildman–Crippen LogP) is 18.3. The minimum absolute atomic E-state index is 0.525. The van der Waals surface area contributed by atoms with Gasteiger partial charge in [-0.3, -0.25) is 0 Å². The smallest absolute Gasteiger partial charge is 0.0714 e. The topological polar surface area (TPSA) is 8.17 Å². The molecule has 1 heterocycles. The fraction of sp³-hybridized carbons (Fsp3) is 0.0145. The van der Waals surface area contributed by atoms with Gasteiger partial charge in [0.15, 0.2) is 0 Å². The van der Waals surface area contributed by atoms with Crippen LogP contribution in [0.2, 0.25) is 0 Å². The summed E-state index contributed by atoms with van der Waals surface area (Å²) in [5, 5.41) is 7.43. The Balaban J connectivity index is 0.934. The first-order chi connectivity index (χ1) is 35.2. The molecule has 13 aromatic rings. The summed E-state index contributed by atoms with van der Waals surface area (Å²) < 4.78 is 2.43. The van der Waals surface area contributed by atoms with Gasteiger partial charge in [0.2, 0.25) is 0 Å². The van der Waals surface area contributed by atoms with E-state index >= 15 is 0 Å². The van der Waals surface area contributed by atoms with E-state index in [-0.39, 0.29) is 0 Å². The van der Waals surface area contributed by atoms with Crippen LogP contribution in [0.5, 0.6) is 0 Å². The Hall–Kier alpha value is -9.24. The Kier molecular flexibility index (Phi) is 9.47. The molecular formula is C69H46N2. The quantitative estimate of drug-likeness (QED) is 0.147. The highest BCUT2D eigenvalue weighted by Gasteiger charge is 2.46. The van der Waals surface area contributed by atoms with Gasteiger partial charge in [0.1, 0.15) is 0 Å². The Morgan fingerprint density at radius 2 is 0.845 bits per heavy atom. The normalized spacial score (nSPS) is 12.6. The van der Waals surface area contributed by atoms with E-state index in [9.17, 15) is 0 Å². The largest absolute Gasteiger partial charge is 0.310 e. The summed E-state index contributed by atoms with van der Waals surface area (Å²) in [6, 6.07) is 103.